The molecule has 126 valence electrons. The lowest BCUT2D eigenvalue weighted by molar-refractivity contribution is 0.123. The quantitative estimate of drug-likeness (QED) is 0.280. The highest BCUT2D eigenvalue weighted by molar-refractivity contribution is 14.0. The summed E-state index contributed by atoms with van der Waals surface area (Å²) in [4.78, 5) is 4.59. The van der Waals surface area contributed by atoms with Gasteiger partial charge in [0.25, 0.3) is 0 Å². The molecule has 1 aliphatic carbocycles. The fraction of sp³-hybridized carbons (Fsp3) is 0.688. The molecular weight excluding hydrogens is 391 g/mol. The van der Waals surface area contributed by atoms with E-state index >= 15 is 0 Å². The van der Waals surface area contributed by atoms with E-state index in [1.54, 1.807) is 0 Å². The van der Waals surface area contributed by atoms with Crippen molar-refractivity contribution in [1.29, 1.82) is 0 Å². The summed E-state index contributed by atoms with van der Waals surface area (Å²) < 4.78 is 7.67. The molecule has 2 rings (SSSR count). The van der Waals surface area contributed by atoms with Gasteiger partial charge < -0.3 is 19.9 Å². The van der Waals surface area contributed by atoms with Crippen LogP contribution in [-0.4, -0.2) is 36.8 Å². The van der Waals surface area contributed by atoms with Crippen LogP contribution < -0.4 is 10.6 Å². The van der Waals surface area contributed by atoms with Gasteiger partial charge in [0.2, 0.25) is 0 Å². The van der Waals surface area contributed by atoms with E-state index in [1.165, 1.54) is 18.4 Å². The molecule has 1 aromatic rings. The number of hydrogen-bond acceptors (Lipinski definition) is 2. The van der Waals surface area contributed by atoms with Crippen molar-refractivity contribution in [2.75, 3.05) is 26.3 Å². The number of nitrogens with zero attached hydrogens (tertiary/aromatic N) is 2. The molecule has 5 nitrogen and oxygen atoms in total. The number of guanidine groups is 1. The maximum Gasteiger partial charge on any atom is 0.191 e. The Hall–Kier alpha value is -0.760. The second-order valence-electron chi connectivity index (χ2n) is 5.68. The molecule has 1 heterocycles. The normalized spacial score (nSPS) is 14.5. The predicted molar refractivity (Wildman–Crippen MR) is 102 cm³/mol. The molecule has 0 saturated heterocycles. The van der Waals surface area contributed by atoms with Crippen molar-refractivity contribution in [3.05, 3.63) is 24.0 Å². The summed E-state index contributed by atoms with van der Waals surface area (Å²) in [5, 5.41) is 6.62. The largest absolute Gasteiger partial charge is 0.381 e. The molecule has 0 aromatic carbocycles. The number of aryl methyl sites for hydroxylation is 1. The Kier molecular flexibility index (Phi) is 9.54. The Labute approximate surface area is 150 Å². The number of aromatic nitrogens is 1. The van der Waals surface area contributed by atoms with Crippen LogP contribution in [0.25, 0.3) is 0 Å². The zero-order valence-electron chi connectivity index (χ0n) is 13.7. The van der Waals surface area contributed by atoms with Gasteiger partial charge >= 0.3 is 0 Å². The molecule has 6 heteroatoms. The Bertz CT molecular complexity index is 443. The highest BCUT2D eigenvalue weighted by Gasteiger charge is 2.20. The molecule has 0 amide bonds. The Morgan fingerprint density at radius 1 is 1.41 bits per heavy atom. The lowest BCUT2D eigenvalue weighted by Gasteiger charge is -2.11. The number of nitrogens with one attached hydrogen (secondary N) is 2. The Morgan fingerprint density at radius 2 is 2.23 bits per heavy atom. The van der Waals surface area contributed by atoms with Gasteiger partial charge in [-0.15, -0.1) is 24.0 Å². The molecule has 0 aliphatic heterocycles. The molecule has 22 heavy (non-hydrogen) atoms. The van der Waals surface area contributed by atoms with Crippen LogP contribution in [0.4, 0.5) is 0 Å². The molecule has 1 aliphatic rings. The maximum absolute atomic E-state index is 5.63. The van der Waals surface area contributed by atoms with Crippen LogP contribution >= 0.6 is 24.0 Å². The molecular formula is C16H29IN4O. The molecule has 1 fully saturated rings. The second-order valence-corrected chi connectivity index (χ2v) is 5.68. The van der Waals surface area contributed by atoms with Gasteiger partial charge in [-0.2, -0.15) is 0 Å². The summed E-state index contributed by atoms with van der Waals surface area (Å²) in [6, 6.07) is 2.10. The van der Waals surface area contributed by atoms with Crippen LogP contribution in [-0.2, 0) is 18.3 Å². The van der Waals surface area contributed by atoms with Crippen LogP contribution in [0.2, 0.25) is 0 Å². The van der Waals surface area contributed by atoms with Crippen molar-refractivity contribution in [3.63, 3.8) is 0 Å². The van der Waals surface area contributed by atoms with E-state index in [0.29, 0.717) is 6.54 Å². The minimum Gasteiger partial charge on any atom is -0.381 e. The first-order valence-corrected chi connectivity index (χ1v) is 7.98. The summed E-state index contributed by atoms with van der Waals surface area (Å²) in [6.07, 6.45) is 7.87. The molecule has 0 spiro atoms. The highest BCUT2D eigenvalue weighted by Crippen LogP contribution is 2.28. The number of hydrogen-bond donors (Lipinski definition) is 2. The number of halogens is 1. The van der Waals surface area contributed by atoms with Crippen molar-refractivity contribution in [3.8, 4) is 0 Å². The summed E-state index contributed by atoms with van der Waals surface area (Å²) in [7, 11) is 2.03. The van der Waals surface area contributed by atoms with Crippen molar-refractivity contribution in [2.24, 2.45) is 18.0 Å². The van der Waals surface area contributed by atoms with Gasteiger partial charge in [0.1, 0.15) is 0 Å². The van der Waals surface area contributed by atoms with E-state index in [2.05, 4.69) is 34.8 Å². The van der Waals surface area contributed by atoms with Gasteiger partial charge in [-0.25, -0.2) is 4.99 Å². The first-order chi connectivity index (χ1) is 10.3. The zero-order valence-corrected chi connectivity index (χ0v) is 16.0. The summed E-state index contributed by atoms with van der Waals surface area (Å²) in [5.41, 5.74) is 1.22. The summed E-state index contributed by atoms with van der Waals surface area (Å²) >= 11 is 0. The number of ether oxygens (including phenoxy) is 1. The predicted octanol–water partition coefficient (Wildman–Crippen LogP) is 2.51. The third-order valence-electron chi connectivity index (χ3n) is 3.47. The summed E-state index contributed by atoms with van der Waals surface area (Å²) in [6.45, 7) is 6.33. The smallest absolute Gasteiger partial charge is 0.191 e. The first kappa shape index (κ1) is 19.3. The van der Waals surface area contributed by atoms with Crippen LogP contribution in [0, 0.1) is 5.92 Å². The van der Waals surface area contributed by atoms with E-state index in [4.69, 9.17) is 4.74 Å². The van der Waals surface area contributed by atoms with Crippen molar-refractivity contribution in [2.45, 2.75) is 32.7 Å². The lowest BCUT2D eigenvalue weighted by atomic mass is 10.3. The second kappa shape index (κ2) is 10.9. The fourth-order valence-electron chi connectivity index (χ4n) is 2.08. The zero-order chi connectivity index (χ0) is 14.9. The van der Waals surface area contributed by atoms with Gasteiger partial charge in [-0.1, -0.05) is 0 Å². The SMILES string of the molecule is CCNC(=NCc1ccn(C)c1)NCCCOCC1CC1.I. The van der Waals surface area contributed by atoms with E-state index in [-0.39, 0.29) is 24.0 Å². The van der Waals surface area contributed by atoms with Crippen LogP contribution in [0.3, 0.4) is 0 Å². The van der Waals surface area contributed by atoms with E-state index in [0.717, 1.165) is 44.6 Å². The summed E-state index contributed by atoms with van der Waals surface area (Å²) in [5.74, 6) is 1.73. The van der Waals surface area contributed by atoms with Crippen molar-refractivity contribution >= 4 is 29.9 Å². The van der Waals surface area contributed by atoms with Crippen molar-refractivity contribution < 1.29 is 4.74 Å². The third kappa shape index (κ3) is 8.03. The van der Waals surface area contributed by atoms with Crippen LogP contribution in [0.1, 0.15) is 31.7 Å². The Balaban J connectivity index is 0.00000242. The van der Waals surface area contributed by atoms with Gasteiger partial charge in [0.15, 0.2) is 5.96 Å². The van der Waals surface area contributed by atoms with E-state index < -0.39 is 0 Å². The van der Waals surface area contributed by atoms with E-state index in [1.807, 2.05) is 17.8 Å². The topological polar surface area (TPSA) is 50.6 Å². The van der Waals surface area contributed by atoms with Gasteiger partial charge in [-0.05, 0) is 43.7 Å². The molecule has 2 N–H and O–H groups in total. The maximum atomic E-state index is 5.63. The molecule has 0 atom stereocenters. The average molecular weight is 420 g/mol. The molecule has 1 saturated carbocycles. The minimum atomic E-state index is 0. The van der Waals surface area contributed by atoms with Gasteiger partial charge in [0, 0.05) is 45.7 Å². The number of aliphatic imine (C=N–C) groups is 1. The van der Waals surface area contributed by atoms with Crippen LogP contribution in [0.5, 0.6) is 0 Å². The molecule has 0 bridgehead atoms. The van der Waals surface area contributed by atoms with Gasteiger partial charge in [-0.3, -0.25) is 0 Å². The molecule has 0 unspecified atom stereocenters. The van der Waals surface area contributed by atoms with E-state index in [9.17, 15) is 0 Å². The molecule has 1 aromatic heterocycles. The average Bonchev–Trinajstić information content (AvgIpc) is 3.21. The highest BCUT2D eigenvalue weighted by atomic mass is 127. The molecule has 0 radical (unpaired) electrons. The third-order valence-corrected chi connectivity index (χ3v) is 3.47. The number of rotatable bonds is 9. The fourth-order valence-corrected chi connectivity index (χ4v) is 2.08. The Morgan fingerprint density at radius 3 is 2.86 bits per heavy atom. The minimum absolute atomic E-state index is 0. The van der Waals surface area contributed by atoms with Crippen molar-refractivity contribution in [1.82, 2.24) is 15.2 Å². The monoisotopic (exact) mass is 420 g/mol. The lowest BCUT2D eigenvalue weighted by Crippen LogP contribution is -2.38. The van der Waals surface area contributed by atoms with Gasteiger partial charge in [0.05, 0.1) is 6.54 Å². The van der Waals surface area contributed by atoms with Crippen LogP contribution in [0.15, 0.2) is 23.5 Å². The standard InChI is InChI=1S/C16H28N4O.HI/c1-3-17-16(19-11-15-7-9-20(2)12-15)18-8-4-10-21-13-14-5-6-14;/h7,9,12,14H,3-6,8,10-11,13H2,1-2H3,(H2,17,18,19);1H. The first-order valence-electron chi connectivity index (χ1n) is 7.98.